The largest absolute Gasteiger partial charge is 0.444 e. The molecule has 6 heteroatoms. The van der Waals surface area contributed by atoms with Gasteiger partial charge in [0.25, 0.3) is 5.91 Å². The van der Waals surface area contributed by atoms with Crippen molar-refractivity contribution in [2.45, 2.75) is 53.1 Å². The zero-order valence-corrected chi connectivity index (χ0v) is 16.1. The molecule has 2 amide bonds. The second kappa shape index (κ2) is 7.55. The van der Waals surface area contributed by atoms with Crippen LogP contribution in [0.2, 0.25) is 0 Å². The van der Waals surface area contributed by atoms with Crippen LogP contribution < -0.4 is 5.32 Å². The maximum atomic E-state index is 12.6. The molecule has 0 saturated carbocycles. The van der Waals surface area contributed by atoms with E-state index in [1.54, 1.807) is 11.3 Å². The fourth-order valence-corrected chi connectivity index (χ4v) is 3.81. The standard InChI is InChI=1S/C18H28N2O3S/c1-12-10-15(13(2)24-12)16(21)20-8-6-14(7-9-20)11-19-17(22)23-18(3,4)5/h10,14H,6-9,11H2,1-5H3,(H,19,22). The van der Waals surface area contributed by atoms with Gasteiger partial charge >= 0.3 is 6.09 Å². The highest BCUT2D eigenvalue weighted by Gasteiger charge is 2.26. The topological polar surface area (TPSA) is 58.6 Å². The number of ether oxygens (including phenoxy) is 1. The van der Waals surface area contributed by atoms with Crippen molar-refractivity contribution in [3.8, 4) is 0 Å². The maximum absolute atomic E-state index is 12.6. The van der Waals surface area contributed by atoms with E-state index in [0.717, 1.165) is 36.4 Å². The van der Waals surface area contributed by atoms with Crippen molar-refractivity contribution in [2.24, 2.45) is 5.92 Å². The molecule has 0 radical (unpaired) electrons. The lowest BCUT2D eigenvalue weighted by Gasteiger charge is -2.32. The summed E-state index contributed by atoms with van der Waals surface area (Å²) in [4.78, 5) is 28.5. The molecule has 1 aliphatic heterocycles. The van der Waals surface area contributed by atoms with Crippen molar-refractivity contribution in [1.29, 1.82) is 0 Å². The lowest BCUT2D eigenvalue weighted by Crippen LogP contribution is -2.42. The number of hydrogen-bond acceptors (Lipinski definition) is 4. The Morgan fingerprint density at radius 2 is 1.92 bits per heavy atom. The monoisotopic (exact) mass is 352 g/mol. The minimum absolute atomic E-state index is 0.135. The molecule has 0 aliphatic carbocycles. The molecule has 134 valence electrons. The van der Waals surface area contributed by atoms with Crippen LogP contribution in [0.25, 0.3) is 0 Å². The average Bonchev–Trinajstić information content (AvgIpc) is 2.82. The number of piperidine rings is 1. The van der Waals surface area contributed by atoms with E-state index in [1.165, 1.54) is 4.88 Å². The van der Waals surface area contributed by atoms with E-state index >= 15 is 0 Å². The summed E-state index contributed by atoms with van der Waals surface area (Å²) < 4.78 is 5.25. The number of nitrogens with one attached hydrogen (secondary N) is 1. The molecule has 1 saturated heterocycles. The highest BCUT2D eigenvalue weighted by atomic mass is 32.1. The molecule has 1 aromatic heterocycles. The van der Waals surface area contributed by atoms with E-state index in [9.17, 15) is 9.59 Å². The van der Waals surface area contributed by atoms with E-state index in [4.69, 9.17) is 4.74 Å². The molecule has 0 unspecified atom stereocenters. The van der Waals surface area contributed by atoms with Gasteiger partial charge in [0.2, 0.25) is 0 Å². The van der Waals surface area contributed by atoms with E-state index in [2.05, 4.69) is 5.32 Å². The summed E-state index contributed by atoms with van der Waals surface area (Å²) in [5.41, 5.74) is 0.360. The van der Waals surface area contributed by atoms with Crippen molar-refractivity contribution in [3.63, 3.8) is 0 Å². The van der Waals surface area contributed by atoms with E-state index in [1.807, 2.05) is 45.6 Å². The van der Waals surface area contributed by atoms with Crippen LogP contribution in [0.5, 0.6) is 0 Å². The third-order valence-corrected chi connectivity index (χ3v) is 5.07. The molecule has 1 aromatic rings. The predicted molar refractivity (Wildman–Crippen MR) is 96.7 cm³/mol. The molecular weight excluding hydrogens is 324 g/mol. The van der Waals surface area contributed by atoms with Crippen LogP contribution >= 0.6 is 11.3 Å². The Bertz CT molecular complexity index is 596. The normalized spacial score (nSPS) is 16.1. The lowest BCUT2D eigenvalue weighted by molar-refractivity contribution is 0.0500. The van der Waals surface area contributed by atoms with Gasteiger partial charge in [0, 0.05) is 29.4 Å². The van der Waals surface area contributed by atoms with Crippen molar-refractivity contribution in [2.75, 3.05) is 19.6 Å². The Balaban J connectivity index is 1.78. The number of nitrogens with zero attached hydrogens (tertiary/aromatic N) is 1. The van der Waals surface area contributed by atoms with Gasteiger partial charge in [-0.3, -0.25) is 4.79 Å². The Hall–Kier alpha value is -1.56. The fraction of sp³-hybridized carbons (Fsp3) is 0.667. The number of amides is 2. The molecule has 1 N–H and O–H groups in total. The van der Waals surface area contributed by atoms with Crippen LogP contribution in [0, 0.1) is 19.8 Å². The van der Waals surface area contributed by atoms with Gasteiger partial charge in [0.1, 0.15) is 5.60 Å². The summed E-state index contributed by atoms with van der Waals surface area (Å²) in [5.74, 6) is 0.530. The van der Waals surface area contributed by atoms with E-state index < -0.39 is 5.60 Å². The van der Waals surface area contributed by atoms with Crippen molar-refractivity contribution in [1.82, 2.24) is 10.2 Å². The van der Waals surface area contributed by atoms with Gasteiger partial charge in [-0.05, 0) is 59.4 Å². The Labute approximate surface area is 148 Å². The van der Waals surface area contributed by atoms with Gasteiger partial charge in [0.05, 0.1) is 5.56 Å². The van der Waals surface area contributed by atoms with Crippen LogP contribution in [0.4, 0.5) is 4.79 Å². The smallest absolute Gasteiger partial charge is 0.407 e. The molecule has 1 fully saturated rings. The predicted octanol–water partition coefficient (Wildman–Crippen LogP) is 3.74. The van der Waals surface area contributed by atoms with Gasteiger partial charge in [-0.2, -0.15) is 0 Å². The first-order valence-electron chi connectivity index (χ1n) is 8.49. The van der Waals surface area contributed by atoms with Crippen molar-refractivity contribution in [3.05, 3.63) is 21.4 Å². The highest BCUT2D eigenvalue weighted by Crippen LogP contribution is 2.24. The van der Waals surface area contributed by atoms with Gasteiger partial charge < -0.3 is 15.0 Å². The molecule has 1 aliphatic rings. The summed E-state index contributed by atoms with van der Waals surface area (Å²) in [6, 6.07) is 1.98. The molecule has 0 atom stereocenters. The third-order valence-electron chi connectivity index (χ3n) is 4.11. The van der Waals surface area contributed by atoms with Gasteiger partial charge in [-0.25, -0.2) is 4.79 Å². The number of carbonyl (C=O) groups is 2. The fourth-order valence-electron chi connectivity index (χ4n) is 2.90. The average molecular weight is 353 g/mol. The second-order valence-corrected chi connectivity index (χ2v) is 8.91. The first kappa shape index (κ1) is 18.8. The van der Waals surface area contributed by atoms with Gasteiger partial charge in [-0.1, -0.05) is 0 Å². The molecule has 2 rings (SSSR count). The molecule has 0 spiro atoms. The molecule has 0 bridgehead atoms. The molecule has 0 aromatic carbocycles. The Kier molecular flexibility index (Phi) is 5.91. The summed E-state index contributed by atoms with van der Waals surface area (Å²) >= 11 is 1.67. The highest BCUT2D eigenvalue weighted by molar-refractivity contribution is 7.12. The second-order valence-electron chi connectivity index (χ2n) is 7.45. The zero-order valence-electron chi connectivity index (χ0n) is 15.3. The minimum atomic E-state index is -0.476. The maximum Gasteiger partial charge on any atom is 0.407 e. The number of hydrogen-bond donors (Lipinski definition) is 1. The quantitative estimate of drug-likeness (QED) is 0.901. The molecular formula is C18H28N2O3S. The van der Waals surface area contributed by atoms with Crippen LogP contribution in [0.1, 0.15) is 53.7 Å². The summed E-state index contributed by atoms with van der Waals surface area (Å²) in [6.45, 7) is 11.7. The number of thiophene rings is 1. The number of likely N-dealkylation sites (tertiary alicyclic amines) is 1. The van der Waals surface area contributed by atoms with Crippen LogP contribution in [-0.2, 0) is 4.74 Å². The van der Waals surface area contributed by atoms with E-state index in [0.29, 0.717) is 12.5 Å². The van der Waals surface area contributed by atoms with Gasteiger partial charge in [-0.15, -0.1) is 11.3 Å². The number of aryl methyl sites for hydroxylation is 2. The first-order valence-corrected chi connectivity index (χ1v) is 9.30. The Morgan fingerprint density at radius 1 is 1.29 bits per heavy atom. The summed E-state index contributed by atoms with van der Waals surface area (Å²) in [6.07, 6.45) is 1.44. The van der Waals surface area contributed by atoms with Gasteiger partial charge in [0.15, 0.2) is 0 Å². The van der Waals surface area contributed by atoms with E-state index in [-0.39, 0.29) is 12.0 Å². The van der Waals surface area contributed by atoms with Crippen LogP contribution in [0.15, 0.2) is 6.07 Å². The van der Waals surface area contributed by atoms with Crippen LogP contribution in [-0.4, -0.2) is 42.1 Å². The molecule has 5 nitrogen and oxygen atoms in total. The van der Waals surface area contributed by atoms with Crippen molar-refractivity contribution >= 4 is 23.3 Å². The SMILES string of the molecule is Cc1cc(C(=O)N2CCC(CNC(=O)OC(C)(C)C)CC2)c(C)s1. The minimum Gasteiger partial charge on any atom is -0.444 e. The summed E-state index contributed by atoms with van der Waals surface area (Å²) in [7, 11) is 0. The third kappa shape index (κ3) is 5.23. The number of carbonyl (C=O) groups excluding carboxylic acids is 2. The zero-order chi connectivity index (χ0) is 17.9. The Morgan fingerprint density at radius 3 is 2.42 bits per heavy atom. The lowest BCUT2D eigenvalue weighted by atomic mass is 9.96. The number of rotatable bonds is 3. The van der Waals surface area contributed by atoms with Crippen molar-refractivity contribution < 1.29 is 14.3 Å². The summed E-state index contributed by atoms with van der Waals surface area (Å²) in [5, 5.41) is 2.83. The number of alkyl carbamates (subject to hydrolysis) is 1. The first-order chi connectivity index (χ1) is 11.2. The molecule has 24 heavy (non-hydrogen) atoms. The van der Waals surface area contributed by atoms with Crippen LogP contribution in [0.3, 0.4) is 0 Å². The molecule has 2 heterocycles.